The molecule has 0 unspecified atom stereocenters. The number of rotatable bonds is 2. The maximum Gasteiger partial charge on any atom is 1.01 e. The van der Waals surface area contributed by atoms with E-state index in [0.717, 1.165) is 9.52 Å². The zero-order chi connectivity index (χ0) is 9.80. The fraction of sp³-hybridized carbons (Fsp3) is 0.0769. The Hall–Kier alpha value is -1.34. The molecular weight excluding hydrogens is 184 g/mol. The van der Waals surface area contributed by atoms with Gasteiger partial charge in [-0.25, -0.2) is 0 Å². The third-order valence-corrected chi connectivity index (χ3v) is 3.36. The van der Waals surface area contributed by atoms with Crippen molar-refractivity contribution < 1.29 is 0 Å². The van der Waals surface area contributed by atoms with Gasteiger partial charge in [0.25, 0.3) is 0 Å². The first-order valence-electron chi connectivity index (χ1n) is 4.73. The molecule has 0 atom stereocenters. The van der Waals surface area contributed by atoms with Gasteiger partial charge in [-0.3, -0.25) is 0 Å². The number of benzene rings is 2. The van der Waals surface area contributed by atoms with Gasteiger partial charge >= 0.3 is 19.9 Å². The summed E-state index contributed by atoms with van der Waals surface area (Å²) >= 11 is 0. The van der Waals surface area contributed by atoms with Crippen LogP contribution in [-0.2, 0) is 0 Å². The molecule has 2 rings (SSSR count). The first-order chi connectivity index (χ1) is 6.84. The van der Waals surface area contributed by atoms with Gasteiger partial charge in [0.1, 0.15) is 0 Å². The minimum atomic E-state index is 0.773. The van der Waals surface area contributed by atoms with Crippen molar-refractivity contribution in [3.8, 4) is 0 Å². The van der Waals surface area contributed by atoms with E-state index in [1.54, 1.807) is 0 Å². The summed E-state index contributed by atoms with van der Waals surface area (Å²) in [6, 6.07) is 19.4. The summed E-state index contributed by atoms with van der Waals surface area (Å²) in [5.74, 6) is 0. The minimum Gasteiger partial charge on any atom is -0.0618 e. The maximum absolute atomic E-state index is 2.21. The maximum atomic E-state index is 2.21. The summed E-state index contributed by atoms with van der Waals surface area (Å²) in [6.45, 7) is 2.12. The summed E-state index contributed by atoms with van der Waals surface area (Å²) < 4.78 is 0. The number of hydrogen-bond acceptors (Lipinski definition) is 0. The van der Waals surface area contributed by atoms with Gasteiger partial charge in [0.2, 0.25) is 0 Å². The summed E-state index contributed by atoms with van der Waals surface area (Å²) in [5.41, 5.74) is 1.33. The van der Waals surface area contributed by atoms with Crippen LogP contribution in [0.5, 0.6) is 0 Å². The standard InChI is InChI=1S/C13H12Si/c1-11-7-9-13(10-8-11)14-12-5-3-2-4-6-12/h2-10H,1H3/q+2. The number of hydrogen-bond donors (Lipinski definition) is 0. The van der Waals surface area contributed by atoms with Gasteiger partial charge in [-0.05, 0) is 6.92 Å². The van der Waals surface area contributed by atoms with Crippen LogP contribution in [0.1, 0.15) is 5.56 Å². The Balaban J connectivity index is 2.16. The highest BCUT2D eigenvalue weighted by molar-refractivity contribution is 6.67. The lowest BCUT2D eigenvalue weighted by Crippen LogP contribution is -2.26. The molecule has 1 heteroatoms. The van der Waals surface area contributed by atoms with Crippen LogP contribution >= 0.6 is 0 Å². The summed E-state index contributed by atoms with van der Waals surface area (Å²) in [7, 11) is 0.773. The average molecular weight is 196 g/mol. The van der Waals surface area contributed by atoms with Crippen molar-refractivity contribution in [1.82, 2.24) is 0 Å². The Labute approximate surface area is 87.4 Å². The van der Waals surface area contributed by atoms with Gasteiger partial charge in [-0.15, -0.1) is 0 Å². The van der Waals surface area contributed by atoms with E-state index >= 15 is 0 Å². The first-order valence-corrected chi connectivity index (χ1v) is 5.73. The van der Waals surface area contributed by atoms with Crippen LogP contribution in [0.4, 0.5) is 0 Å². The van der Waals surface area contributed by atoms with E-state index < -0.39 is 0 Å². The molecule has 0 radical (unpaired) electrons. The van der Waals surface area contributed by atoms with Crippen LogP contribution in [0.2, 0.25) is 0 Å². The summed E-state index contributed by atoms with van der Waals surface area (Å²) in [6.07, 6.45) is 0. The van der Waals surface area contributed by atoms with Crippen molar-refractivity contribution in [3.63, 3.8) is 0 Å². The molecule has 0 aliphatic heterocycles. The van der Waals surface area contributed by atoms with Crippen molar-refractivity contribution in [2.45, 2.75) is 6.92 Å². The highest BCUT2D eigenvalue weighted by atomic mass is 28.2. The van der Waals surface area contributed by atoms with Crippen LogP contribution in [0.25, 0.3) is 0 Å². The van der Waals surface area contributed by atoms with Gasteiger partial charge in [-0.1, -0.05) is 35.9 Å². The molecule has 2 aromatic rings. The van der Waals surface area contributed by atoms with E-state index in [0.29, 0.717) is 0 Å². The Morgan fingerprint density at radius 2 is 1.29 bits per heavy atom. The molecule has 14 heavy (non-hydrogen) atoms. The largest absolute Gasteiger partial charge is 1.01 e. The molecule has 0 aliphatic carbocycles. The first kappa shape index (κ1) is 9.22. The fourth-order valence-electron chi connectivity index (χ4n) is 1.33. The predicted molar refractivity (Wildman–Crippen MR) is 62.6 cm³/mol. The van der Waals surface area contributed by atoms with Crippen LogP contribution in [0.15, 0.2) is 54.6 Å². The Morgan fingerprint density at radius 3 is 1.93 bits per heavy atom. The predicted octanol–water partition coefficient (Wildman–Crippen LogP) is 1.65. The summed E-state index contributed by atoms with van der Waals surface area (Å²) in [5, 5.41) is 2.80. The SMILES string of the molecule is Cc1ccc([Si+2]c2ccccc2)cc1. The second-order valence-corrected chi connectivity index (χ2v) is 4.76. The van der Waals surface area contributed by atoms with E-state index in [2.05, 4.69) is 61.5 Å². The lowest BCUT2D eigenvalue weighted by Gasteiger charge is -1.82. The van der Waals surface area contributed by atoms with Gasteiger partial charge in [0.15, 0.2) is 0 Å². The van der Waals surface area contributed by atoms with Crippen LogP contribution in [0.3, 0.4) is 0 Å². The van der Waals surface area contributed by atoms with Gasteiger partial charge in [0, 0.05) is 24.3 Å². The zero-order valence-electron chi connectivity index (χ0n) is 8.20. The molecule has 0 aromatic heterocycles. The highest BCUT2D eigenvalue weighted by Crippen LogP contribution is 1.92. The second kappa shape index (κ2) is 4.25. The second-order valence-electron chi connectivity index (χ2n) is 3.36. The van der Waals surface area contributed by atoms with Gasteiger partial charge < -0.3 is 0 Å². The van der Waals surface area contributed by atoms with E-state index in [-0.39, 0.29) is 0 Å². The molecular formula is C13H12Si+2. The molecule has 0 bridgehead atoms. The van der Waals surface area contributed by atoms with E-state index in [9.17, 15) is 0 Å². The molecule has 0 saturated carbocycles. The highest BCUT2D eigenvalue weighted by Gasteiger charge is 2.41. The van der Waals surface area contributed by atoms with Crippen LogP contribution < -0.4 is 10.4 Å². The van der Waals surface area contributed by atoms with Crippen molar-refractivity contribution in [2.24, 2.45) is 0 Å². The molecule has 0 nitrogen and oxygen atoms in total. The van der Waals surface area contributed by atoms with Gasteiger partial charge in [0.05, 0.1) is 0 Å². The lowest BCUT2D eigenvalue weighted by molar-refractivity contribution is 1.49. The molecule has 66 valence electrons. The van der Waals surface area contributed by atoms with Crippen molar-refractivity contribution in [1.29, 1.82) is 0 Å². The third-order valence-electron chi connectivity index (χ3n) is 2.11. The Bertz CT molecular complexity index is 389. The van der Waals surface area contributed by atoms with E-state index in [1.807, 2.05) is 0 Å². The molecule has 0 amide bonds. The van der Waals surface area contributed by atoms with E-state index in [4.69, 9.17) is 0 Å². The molecule has 0 spiro atoms. The Kier molecular flexibility index (Phi) is 2.80. The number of aryl methyl sites for hydroxylation is 1. The normalized spacial score (nSPS) is 9.50. The van der Waals surface area contributed by atoms with E-state index in [1.165, 1.54) is 15.9 Å². The topological polar surface area (TPSA) is 0 Å². The smallest absolute Gasteiger partial charge is 0.0618 e. The van der Waals surface area contributed by atoms with Crippen molar-refractivity contribution in [2.75, 3.05) is 0 Å². The minimum absolute atomic E-state index is 0.773. The molecule has 0 aliphatic rings. The molecule has 0 heterocycles. The lowest BCUT2D eigenvalue weighted by atomic mass is 10.2. The van der Waals surface area contributed by atoms with Crippen molar-refractivity contribution in [3.05, 3.63) is 60.2 Å². The average Bonchev–Trinajstić information content (AvgIpc) is 2.23. The third kappa shape index (κ3) is 2.33. The molecule has 0 N–H and O–H groups in total. The molecule has 0 fully saturated rings. The monoisotopic (exact) mass is 196 g/mol. The zero-order valence-corrected chi connectivity index (χ0v) is 9.20. The quantitative estimate of drug-likeness (QED) is 0.641. The summed E-state index contributed by atoms with van der Waals surface area (Å²) in [4.78, 5) is 0. The van der Waals surface area contributed by atoms with Crippen LogP contribution in [-0.4, -0.2) is 9.52 Å². The van der Waals surface area contributed by atoms with Crippen molar-refractivity contribution >= 4 is 19.9 Å². The molecule has 0 saturated heterocycles. The Morgan fingerprint density at radius 1 is 0.714 bits per heavy atom. The van der Waals surface area contributed by atoms with Gasteiger partial charge in [-0.2, -0.15) is 0 Å². The van der Waals surface area contributed by atoms with Crippen LogP contribution in [0, 0.1) is 6.92 Å². The molecule has 2 aromatic carbocycles. The fourth-order valence-corrected chi connectivity index (χ4v) is 2.35.